The number of nitrogens with one attached hydrogen (secondary N) is 1. The van der Waals surface area contributed by atoms with Crippen LogP contribution in [0.3, 0.4) is 0 Å². The molecule has 7 nitrogen and oxygen atoms in total. The average molecular weight is 285 g/mol. The van der Waals surface area contributed by atoms with Crippen molar-refractivity contribution in [1.29, 1.82) is 0 Å². The third kappa shape index (κ3) is 2.11. The molecule has 0 radical (unpaired) electrons. The SMILES string of the molecule is NCCn1cnc(-c2nc3cc4c(cc3[nH]2)OCCO4)c1. The number of aromatic amines is 1. The summed E-state index contributed by atoms with van der Waals surface area (Å²) in [6, 6.07) is 3.80. The Bertz CT molecular complexity index is 749. The number of fused-ring (bicyclic) bond motifs is 2. The first-order valence-electron chi connectivity index (χ1n) is 6.85. The lowest BCUT2D eigenvalue weighted by molar-refractivity contribution is 0.172. The molecule has 0 bridgehead atoms. The first-order valence-corrected chi connectivity index (χ1v) is 6.85. The van der Waals surface area contributed by atoms with Crippen molar-refractivity contribution in [1.82, 2.24) is 19.5 Å². The lowest BCUT2D eigenvalue weighted by Gasteiger charge is -2.17. The summed E-state index contributed by atoms with van der Waals surface area (Å²) in [7, 11) is 0. The van der Waals surface area contributed by atoms with Gasteiger partial charge in [0, 0.05) is 31.4 Å². The number of nitrogens with two attached hydrogens (primary N) is 1. The van der Waals surface area contributed by atoms with E-state index in [4.69, 9.17) is 15.2 Å². The van der Waals surface area contributed by atoms with Gasteiger partial charge >= 0.3 is 0 Å². The molecule has 3 N–H and O–H groups in total. The molecule has 0 unspecified atom stereocenters. The molecule has 2 aromatic heterocycles. The first kappa shape index (κ1) is 12.2. The Morgan fingerprint density at radius 2 is 2.05 bits per heavy atom. The molecule has 108 valence electrons. The van der Waals surface area contributed by atoms with Crippen LogP contribution in [-0.2, 0) is 6.54 Å². The van der Waals surface area contributed by atoms with Crippen LogP contribution in [0.1, 0.15) is 0 Å². The smallest absolute Gasteiger partial charge is 0.163 e. The van der Waals surface area contributed by atoms with Crippen LogP contribution in [-0.4, -0.2) is 39.3 Å². The summed E-state index contributed by atoms with van der Waals surface area (Å²) < 4.78 is 13.1. The van der Waals surface area contributed by atoms with Crippen molar-refractivity contribution >= 4 is 11.0 Å². The number of H-pyrrole nitrogens is 1. The van der Waals surface area contributed by atoms with Crippen molar-refractivity contribution in [2.24, 2.45) is 5.73 Å². The highest BCUT2D eigenvalue weighted by Gasteiger charge is 2.16. The van der Waals surface area contributed by atoms with Crippen LogP contribution >= 0.6 is 0 Å². The van der Waals surface area contributed by atoms with Gasteiger partial charge in [-0.15, -0.1) is 0 Å². The Balaban J connectivity index is 1.75. The molecule has 0 amide bonds. The molecule has 0 saturated carbocycles. The van der Waals surface area contributed by atoms with E-state index in [9.17, 15) is 0 Å². The third-order valence-electron chi connectivity index (χ3n) is 3.41. The molecule has 21 heavy (non-hydrogen) atoms. The zero-order valence-electron chi connectivity index (χ0n) is 11.4. The van der Waals surface area contributed by atoms with Crippen molar-refractivity contribution in [3.63, 3.8) is 0 Å². The summed E-state index contributed by atoms with van der Waals surface area (Å²) >= 11 is 0. The van der Waals surface area contributed by atoms with Gasteiger partial charge in [0.25, 0.3) is 0 Å². The minimum Gasteiger partial charge on any atom is -0.486 e. The van der Waals surface area contributed by atoms with Crippen molar-refractivity contribution < 1.29 is 9.47 Å². The number of benzene rings is 1. The Labute approximate surface area is 120 Å². The lowest BCUT2D eigenvalue weighted by Crippen LogP contribution is -2.15. The zero-order valence-corrected chi connectivity index (χ0v) is 11.4. The predicted octanol–water partition coefficient (Wildman–Crippen LogP) is 1.16. The zero-order chi connectivity index (χ0) is 14.2. The largest absolute Gasteiger partial charge is 0.486 e. The fraction of sp³-hybridized carbons (Fsp3) is 0.286. The summed E-state index contributed by atoms with van der Waals surface area (Å²) in [5, 5.41) is 0. The van der Waals surface area contributed by atoms with Gasteiger partial charge in [0.15, 0.2) is 17.3 Å². The van der Waals surface area contributed by atoms with Gasteiger partial charge in [-0.25, -0.2) is 9.97 Å². The van der Waals surface area contributed by atoms with E-state index in [-0.39, 0.29) is 0 Å². The molecule has 4 rings (SSSR count). The first-order chi connectivity index (χ1) is 10.3. The summed E-state index contributed by atoms with van der Waals surface area (Å²) in [6.45, 7) is 2.46. The van der Waals surface area contributed by atoms with Gasteiger partial charge in [0.1, 0.15) is 18.9 Å². The van der Waals surface area contributed by atoms with Crippen LogP contribution in [0.2, 0.25) is 0 Å². The van der Waals surface area contributed by atoms with Crippen molar-refractivity contribution in [2.75, 3.05) is 19.8 Å². The molecule has 0 atom stereocenters. The second-order valence-corrected chi connectivity index (χ2v) is 4.88. The molecule has 0 fully saturated rings. The molecule has 3 aromatic rings. The molecule has 3 heterocycles. The van der Waals surface area contributed by atoms with Gasteiger partial charge < -0.3 is 24.8 Å². The number of nitrogens with zero attached hydrogens (tertiary/aromatic N) is 3. The minimum absolute atomic E-state index is 0.569. The number of aromatic nitrogens is 4. The topological polar surface area (TPSA) is 91.0 Å². The molecule has 0 spiro atoms. The van der Waals surface area contributed by atoms with Gasteiger partial charge in [-0.2, -0.15) is 0 Å². The summed E-state index contributed by atoms with van der Waals surface area (Å²) in [5.74, 6) is 2.21. The van der Waals surface area contributed by atoms with E-state index >= 15 is 0 Å². The Kier molecular flexibility index (Phi) is 2.78. The van der Waals surface area contributed by atoms with Crippen LogP contribution in [0.4, 0.5) is 0 Å². The molecule has 0 aliphatic carbocycles. The maximum atomic E-state index is 5.58. The normalized spacial score (nSPS) is 13.8. The highest BCUT2D eigenvalue weighted by molar-refractivity contribution is 5.82. The van der Waals surface area contributed by atoms with Crippen molar-refractivity contribution in [3.05, 3.63) is 24.7 Å². The molecule has 1 aliphatic rings. The van der Waals surface area contributed by atoms with E-state index in [1.54, 1.807) is 6.33 Å². The average Bonchev–Trinajstić information content (AvgIpc) is 3.11. The minimum atomic E-state index is 0.569. The molecule has 0 saturated heterocycles. The van der Waals surface area contributed by atoms with Crippen LogP contribution in [0, 0.1) is 0 Å². The van der Waals surface area contributed by atoms with Gasteiger partial charge in [-0.3, -0.25) is 0 Å². The number of rotatable bonds is 3. The highest BCUT2D eigenvalue weighted by atomic mass is 16.6. The summed E-state index contributed by atoms with van der Waals surface area (Å²) in [4.78, 5) is 12.2. The van der Waals surface area contributed by atoms with Gasteiger partial charge in [0.2, 0.25) is 0 Å². The second kappa shape index (κ2) is 4.78. The Hall–Kier alpha value is -2.54. The Morgan fingerprint density at radius 1 is 1.24 bits per heavy atom. The van der Waals surface area contributed by atoms with Crippen molar-refractivity contribution in [2.45, 2.75) is 6.54 Å². The van der Waals surface area contributed by atoms with Crippen LogP contribution in [0.15, 0.2) is 24.7 Å². The molecule has 1 aliphatic heterocycles. The standard InChI is InChI=1S/C14H15N5O2/c15-1-2-19-7-11(16-8-19)14-17-9-5-12-13(6-10(9)18-14)21-4-3-20-12/h5-8H,1-4,15H2,(H,17,18). The lowest BCUT2D eigenvalue weighted by atomic mass is 10.2. The monoisotopic (exact) mass is 285 g/mol. The molecular formula is C14H15N5O2. The fourth-order valence-electron chi connectivity index (χ4n) is 2.42. The quantitative estimate of drug-likeness (QED) is 0.753. The number of hydrogen-bond acceptors (Lipinski definition) is 5. The number of imidazole rings is 2. The maximum absolute atomic E-state index is 5.58. The van der Waals surface area contributed by atoms with Gasteiger partial charge in [-0.1, -0.05) is 0 Å². The number of hydrogen-bond donors (Lipinski definition) is 2. The Morgan fingerprint density at radius 3 is 2.86 bits per heavy atom. The molecular weight excluding hydrogens is 270 g/mol. The second-order valence-electron chi connectivity index (χ2n) is 4.88. The summed E-state index contributed by atoms with van der Waals surface area (Å²) in [5.41, 5.74) is 8.07. The summed E-state index contributed by atoms with van der Waals surface area (Å²) in [6.07, 6.45) is 3.68. The predicted molar refractivity (Wildman–Crippen MR) is 77.4 cm³/mol. The molecule has 1 aromatic carbocycles. The van der Waals surface area contributed by atoms with E-state index < -0.39 is 0 Å². The van der Waals surface area contributed by atoms with E-state index in [1.807, 2.05) is 22.9 Å². The molecule has 7 heteroatoms. The van der Waals surface area contributed by atoms with Gasteiger partial charge in [0.05, 0.1) is 17.4 Å². The van der Waals surface area contributed by atoms with E-state index in [2.05, 4.69) is 15.0 Å². The van der Waals surface area contributed by atoms with Crippen LogP contribution < -0.4 is 15.2 Å². The van der Waals surface area contributed by atoms with Crippen LogP contribution in [0.25, 0.3) is 22.6 Å². The fourth-order valence-corrected chi connectivity index (χ4v) is 2.42. The van der Waals surface area contributed by atoms with Gasteiger partial charge in [-0.05, 0) is 0 Å². The van der Waals surface area contributed by atoms with Crippen LogP contribution in [0.5, 0.6) is 11.5 Å². The van der Waals surface area contributed by atoms with Crippen molar-refractivity contribution in [3.8, 4) is 23.0 Å². The van der Waals surface area contributed by atoms with E-state index in [1.165, 1.54) is 0 Å². The third-order valence-corrected chi connectivity index (χ3v) is 3.41. The maximum Gasteiger partial charge on any atom is 0.163 e. The number of ether oxygens (including phenoxy) is 2. The van der Waals surface area contributed by atoms with E-state index in [0.717, 1.165) is 40.6 Å². The highest BCUT2D eigenvalue weighted by Crippen LogP contribution is 2.34. The van der Waals surface area contributed by atoms with E-state index in [0.29, 0.717) is 19.8 Å².